The summed E-state index contributed by atoms with van der Waals surface area (Å²) < 4.78 is 0. The van der Waals surface area contributed by atoms with Gasteiger partial charge >= 0.3 is 0 Å². The molecular weight excluding hydrogens is 330 g/mol. The Morgan fingerprint density at radius 1 is 0.800 bits per heavy atom. The van der Waals surface area contributed by atoms with Gasteiger partial charge in [0.2, 0.25) is 5.91 Å². The summed E-state index contributed by atoms with van der Waals surface area (Å²) in [5, 5.41) is 0.707. The lowest BCUT2D eigenvalue weighted by Gasteiger charge is -2.18. The molecule has 124 valence electrons. The molecule has 0 radical (unpaired) electrons. The van der Waals surface area contributed by atoms with Crippen LogP contribution >= 0.6 is 11.6 Å². The largest absolute Gasteiger partial charge is 0.307 e. The van der Waals surface area contributed by atoms with Crippen molar-refractivity contribution in [2.24, 2.45) is 0 Å². The van der Waals surface area contributed by atoms with E-state index in [9.17, 15) is 4.79 Å². The van der Waals surface area contributed by atoms with Crippen LogP contribution in [0.3, 0.4) is 0 Å². The van der Waals surface area contributed by atoms with Crippen molar-refractivity contribution in [2.75, 3.05) is 4.90 Å². The van der Waals surface area contributed by atoms with Gasteiger partial charge < -0.3 is 4.90 Å². The Balaban J connectivity index is 1.65. The quantitative estimate of drug-likeness (QED) is 0.634. The average molecular weight is 348 g/mol. The fraction of sp³-hybridized carbons (Fsp3) is 0.136. The number of nitrogens with zero attached hydrogens (tertiary/aromatic N) is 1. The number of anilines is 1. The van der Waals surface area contributed by atoms with Gasteiger partial charge in [0.15, 0.2) is 0 Å². The second-order valence-electron chi connectivity index (χ2n) is 6.35. The number of rotatable bonds is 4. The van der Waals surface area contributed by atoms with Crippen molar-refractivity contribution < 1.29 is 4.79 Å². The molecule has 1 aliphatic heterocycles. The van der Waals surface area contributed by atoms with Crippen molar-refractivity contribution >= 4 is 23.2 Å². The van der Waals surface area contributed by atoms with Crippen molar-refractivity contribution in [3.05, 3.63) is 101 Å². The highest BCUT2D eigenvalue weighted by atomic mass is 35.5. The number of hydrogen-bond donors (Lipinski definition) is 0. The van der Waals surface area contributed by atoms with Crippen molar-refractivity contribution in [3.63, 3.8) is 0 Å². The molecule has 0 aliphatic carbocycles. The number of carbonyl (C=O) groups excluding carboxylic acids is 1. The molecule has 25 heavy (non-hydrogen) atoms. The Bertz CT molecular complexity index is 889. The minimum absolute atomic E-state index is 0.120. The number of halogens is 1. The second-order valence-corrected chi connectivity index (χ2v) is 6.79. The Morgan fingerprint density at radius 2 is 1.48 bits per heavy atom. The number of amides is 1. The van der Waals surface area contributed by atoms with E-state index >= 15 is 0 Å². The van der Waals surface area contributed by atoms with Gasteiger partial charge in [-0.1, -0.05) is 72.3 Å². The van der Waals surface area contributed by atoms with Crippen LogP contribution < -0.4 is 4.90 Å². The van der Waals surface area contributed by atoms with Crippen LogP contribution in [0.4, 0.5) is 5.69 Å². The molecule has 3 aromatic rings. The van der Waals surface area contributed by atoms with Gasteiger partial charge in [-0.25, -0.2) is 0 Å². The number of benzene rings is 3. The third-order valence-corrected chi connectivity index (χ3v) is 4.96. The van der Waals surface area contributed by atoms with Gasteiger partial charge in [-0.05, 0) is 41.3 Å². The molecular formula is C22H18ClNO. The number of fused-ring (bicyclic) bond motifs is 1. The van der Waals surface area contributed by atoms with Gasteiger partial charge in [-0.3, -0.25) is 4.79 Å². The van der Waals surface area contributed by atoms with Gasteiger partial charge in [0, 0.05) is 10.7 Å². The molecule has 1 unspecified atom stereocenters. The Hall–Kier alpha value is -2.58. The maximum absolute atomic E-state index is 13.1. The van der Waals surface area contributed by atoms with Crippen LogP contribution in [0.2, 0.25) is 5.02 Å². The number of hydrogen-bond acceptors (Lipinski definition) is 1. The van der Waals surface area contributed by atoms with Gasteiger partial charge in [0.25, 0.3) is 0 Å². The predicted octanol–water partition coefficient (Wildman–Crippen LogP) is 5.21. The summed E-state index contributed by atoms with van der Waals surface area (Å²) in [5.41, 5.74) is 4.39. The number of carbonyl (C=O) groups is 1. The smallest absolute Gasteiger partial charge is 0.235 e. The third kappa shape index (κ3) is 3.18. The van der Waals surface area contributed by atoms with Crippen LogP contribution in [0.5, 0.6) is 0 Å². The monoisotopic (exact) mass is 347 g/mol. The summed E-state index contributed by atoms with van der Waals surface area (Å²) in [4.78, 5) is 15.0. The summed E-state index contributed by atoms with van der Waals surface area (Å²) in [6.45, 7) is 0.568. The summed E-state index contributed by atoms with van der Waals surface area (Å²) >= 11 is 5.97. The molecule has 0 aromatic heterocycles. The van der Waals surface area contributed by atoms with E-state index in [-0.39, 0.29) is 11.8 Å². The molecule has 3 aromatic carbocycles. The number of para-hydroxylation sites is 1. The minimum Gasteiger partial charge on any atom is -0.307 e. The lowest BCUT2D eigenvalue weighted by atomic mass is 9.93. The zero-order chi connectivity index (χ0) is 17.2. The Morgan fingerprint density at radius 3 is 2.24 bits per heavy atom. The van der Waals surface area contributed by atoms with Crippen LogP contribution in [0.25, 0.3) is 0 Å². The van der Waals surface area contributed by atoms with Gasteiger partial charge in [0.1, 0.15) is 0 Å². The molecule has 0 saturated heterocycles. The van der Waals surface area contributed by atoms with E-state index in [1.807, 2.05) is 65.6 Å². The van der Waals surface area contributed by atoms with Crippen molar-refractivity contribution in [1.82, 2.24) is 0 Å². The highest BCUT2D eigenvalue weighted by Gasteiger charge is 2.36. The minimum atomic E-state index is -0.120. The van der Waals surface area contributed by atoms with E-state index < -0.39 is 0 Å². The van der Waals surface area contributed by atoms with E-state index in [0.29, 0.717) is 11.6 Å². The average Bonchev–Trinajstić information content (AvgIpc) is 2.90. The van der Waals surface area contributed by atoms with Crippen LogP contribution in [-0.4, -0.2) is 5.91 Å². The lowest BCUT2D eigenvalue weighted by molar-refractivity contribution is -0.119. The van der Waals surface area contributed by atoms with Gasteiger partial charge in [-0.2, -0.15) is 0 Å². The van der Waals surface area contributed by atoms with E-state index in [4.69, 9.17) is 11.6 Å². The first-order valence-corrected chi connectivity index (χ1v) is 8.79. The standard InChI is InChI=1S/C22H18ClNO/c23-18-12-10-17(11-13-18)15-24-21-9-5-4-8-19(21)20(22(24)25)14-16-6-2-1-3-7-16/h1-13,20H,14-15H2. The van der Waals surface area contributed by atoms with Crippen LogP contribution in [0, 0.1) is 0 Å². The topological polar surface area (TPSA) is 20.3 Å². The van der Waals surface area contributed by atoms with E-state index in [1.165, 1.54) is 5.56 Å². The van der Waals surface area contributed by atoms with Crippen LogP contribution in [-0.2, 0) is 17.8 Å². The molecule has 1 aliphatic rings. The first kappa shape index (κ1) is 15.9. The summed E-state index contributed by atoms with van der Waals surface area (Å²) in [5.74, 6) is 0.0471. The Kier molecular flexibility index (Phi) is 4.29. The molecule has 2 nitrogen and oxygen atoms in total. The zero-order valence-corrected chi connectivity index (χ0v) is 14.5. The lowest BCUT2D eigenvalue weighted by Crippen LogP contribution is -2.28. The highest BCUT2D eigenvalue weighted by Crippen LogP contribution is 2.39. The zero-order valence-electron chi connectivity index (χ0n) is 13.7. The summed E-state index contributed by atoms with van der Waals surface area (Å²) in [7, 11) is 0. The van der Waals surface area contributed by atoms with Crippen LogP contribution in [0.1, 0.15) is 22.6 Å². The van der Waals surface area contributed by atoms with Gasteiger partial charge in [-0.15, -0.1) is 0 Å². The molecule has 0 saturated carbocycles. The molecule has 1 amide bonds. The maximum atomic E-state index is 13.1. The summed E-state index contributed by atoms with van der Waals surface area (Å²) in [6.07, 6.45) is 0.730. The van der Waals surface area contributed by atoms with Crippen LogP contribution in [0.15, 0.2) is 78.9 Å². The van der Waals surface area contributed by atoms with Crippen molar-refractivity contribution in [1.29, 1.82) is 0 Å². The SMILES string of the molecule is O=C1C(Cc2ccccc2)c2ccccc2N1Cc1ccc(Cl)cc1. The molecule has 0 spiro atoms. The van der Waals surface area contributed by atoms with Crippen molar-refractivity contribution in [2.45, 2.75) is 18.9 Å². The Labute approximate surface area is 152 Å². The molecule has 1 heterocycles. The van der Waals surface area contributed by atoms with Gasteiger partial charge in [0.05, 0.1) is 12.5 Å². The molecule has 4 rings (SSSR count). The molecule has 1 atom stereocenters. The van der Waals surface area contributed by atoms with E-state index in [1.54, 1.807) is 0 Å². The van der Waals surface area contributed by atoms with E-state index in [0.717, 1.165) is 23.2 Å². The fourth-order valence-corrected chi connectivity index (χ4v) is 3.58. The fourth-order valence-electron chi connectivity index (χ4n) is 3.45. The van der Waals surface area contributed by atoms with Crippen molar-refractivity contribution in [3.8, 4) is 0 Å². The molecule has 0 bridgehead atoms. The normalized spacial score (nSPS) is 16.1. The second kappa shape index (κ2) is 6.73. The predicted molar refractivity (Wildman–Crippen MR) is 102 cm³/mol. The third-order valence-electron chi connectivity index (χ3n) is 4.70. The highest BCUT2D eigenvalue weighted by molar-refractivity contribution is 6.30. The maximum Gasteiger partial charge on any atom is 0.235 e. The summed E-state index contributed by atoms with van der Waals surface area (Å²) in [6, 6.07) is 26.0. The van der Waals surface area contributed by atoms with E-state index in [2.05, 4.69) is 18.2 Å². The molecule has 0 fully saturated rings. The molecule has 3 heteroatoms. The first-order chi connectivity index (χ1) is 12.2. The first-order valence-electron chi connectivity index (χ1n) is 8.41. The molecule has 0 N–H and O–H groups in total.